The van der Waals surface area contributed by atoms with Gasteiger partial charge in [0.15, 0.2) is 0 Å². The molecular weight excluding hydrogens is 813 g/mol. The Hall–Kier alpha value is -8.99. The first kappa shape index (κ1) is 38.5. The van der Waals surface area contributed by atoms with Crippen LogP contribution in [0.2, 0.25) is 0 Å². The van der Waals surface area contributed by atoms with Crippen LogP contribution in [0.5, 0.6) is 0 Å². The van der Waals surface area contributed by atoms with Gasteiger partial charge >= 0.3 is 0 Å². The zero-order valence-electron chi connectivity index (χ0n) is 36.5. The lowest BCUT2D eigenvalue weighted by Crippen LogP contribution is -2.11. The summed E-state index contributed by atoms with van der Waals surface area (Å²) in [4.78, 5) is 10.6. The van der Waals surface area contributed by atoms with E-state index in [9.17, 15) is 0 Å². The van der Waals surface area contributed by atoms with Crippen LogP contribution in [-0.4, -0.2) is 9.55 Å². The van der Waals surface area contributed by atoms with Crippen molar-refractivity contribution in [3.63, 3.8) is 0 Å². The number of fused-ring (bicyclic) bond motifs is 9. The van der Waals surface area contributed by atoms with Gasteiger partial charge < -0.3 is 9.80 Å². The molecule has 0 amide bonds. The Morgan fingerprint density at radius 3 is 1.30 bits per heavy atom. The number of para-hydroxylation sites is 3. The highest BCUT2D eigenvalue weighted by Crippen LogP contribution is 2.47. The highest BCUT2D eigenvalue weighted by atomic mass is 15.2. The molecule has 67 heavy (non-hydrogen) atoms. The number of hydrogen-bond acceptors (Lipinski definition) is 3. The monoisotopic (exact) mass is 854 g/mol. The second kappa shape index (κ2) is 15.9. The van der Waals surface area contributed by atoms with Gasteiger partial charge in [0, 0.05) is 55.5 Å². The van der Waals surface area contributed by atoms with Crippen molar-refractivity contribution < 1.29 is 0 Å². The quantitative estimate of drug-likeness (QED) is 0.142. The first-order chi connectivity index (χ1) is 33.3. The maximum Gasteiger partial charge on any atom is 0.146 e. The molecule has 314 valence electrons. The predicted molar refractivity (Wildman–Crippen MR) is 283 cm³/mol. The molecule has 0 aliphatic rings. The highest BCUT2D eigenvalue weighted by Gasteiger charge is 2.25. The van der Waals surface area contributed by atoms with Crippen LogP contribution in [0.15, 0.2) is 255 Å². The summed E-state index contributed by atoms with van der Waals surface area (Å²) in [5, 5.41) is 11.6. The van der Waals surface area contributed by atoms with Gasteiger partial charge in [-0.25, -0.2) is 4.98 Å². The van der Waals surface area contributed by atoms with E-state index in [1.807, 2.05) is 0 Å². The lowest BCUT2D eigenvalue weighted by molar-refractivity contribution is 1.11. The third-order valence-corrected chi connectivity index (χ3v) is 13.3. The van der Waals surface area contributed by atoms with Crippen molar-refractivity contribution in [2.24, 2.45) is 0 Å². The molecule has 0 saturated heterocycles. The number of nitrogens with zero attached hydrogens (tertiary/aromatic N) is 4. The molecule has 12 aromatic carbocycles. The minimum Gasteiger partial charge on any atom is -0.310 e. The average Bonchev–Trinajstić information content (AvgIpc) is 3.81. The van der Waals surface area contributed by atoms with Crippen molar-refractivity contribution >= 4 is 99.0 Å². The maximum atomic E-state index is 5.85. The Morgan fingerprint density at radius 1 is 0.299 bits per heavy atom. The van der Waals surface area contributed by atoms with Gasteiger partial charge in [0.25, 0.3) is 0 Å². The summed E-state index contributed by atoms with van der Waals surface area (Å²) in [5.41, 5.74) is 10.6. The minimum atomic E-state index is 0.894. The molecule has 0 atom stereocenters. The molecule has 0 saturated carbocycles. The summed E-state index contributed by atoms with van der Waals surface area (Å²) in [6, 6.07) is 91.8. The van der Waals surface area contributed by atoms with Gasteiger partial charge in [0.05, 0.1) is 22.4 Å². The van der Waals surface area contributed by atoms with E-state index in [0.29, 0.717) is 0 Å². The van der Waals surface area contributed by atoms with Gasteiger partial charge in [-0.2, -0.15) is 0 Å². The smallest absolute Gasteiger partial charge is 0.146 e. The Kier molecular flexibility index (Phi) is 9.14. The molecule has 0 fully saturated rings. The first-order valence-corrected chi connectivity index (χ1v) is 22.9. The molecule has 0 unspecified atom stereocenters. The fourth-order valence-corrected chi connectivity index (χ4v) is 10.3. The van der Waals surface area contributed by atoms with Gasteiger partial charge in [0.1, 0.15) is 5.82 Å². The SMILES string of the molecule is c1ccc(N(c2ccc3c4ccc(N(c5ccccc5)c5cccc6ccccc56)cc4c4c(nc(-c5cccc6ccccc56)n4-c4ccccc4)c3c2)c2cccc3ccccc23)cc1. The van der Waals surface area contributed by atoms with Crippen molar-refractivity contribution in [3.05, 3.63) is 255 Å². The molecule has 1 aromatic heterocycles. The third kappa shape index (κ3) is 6.41. The molecule has 0 spiro atoms. The molecule has 4 heteroatoms. The van der Waals surface area contributed by atoms with Crippen LogP contribution in [-0.2, 0) is 0 Å². The molecular formula is C63H42N4. The molecule has 13 rings (SSSR count). The summed E-state index contributed by atoms with van der Waals surface area (Å²) in [7, 11) is 0. The molecule has 13 aromatic rings. The predicted octanol–water partition coefficient (Wildman–Crippen LogP) is 17.4. The zero-order valence-corrected chi connectivity index (χ0v) is 36.5. The third-order valence-electron chi connectivity index (χ3n) is 13.3. The van der Waals surface area contributed by atoms with Crippen LogP contribution >= 0.6 is 0 Å². The van der Waals surface area contributed by atoms with Crippen LogP contribution in [0.3, 0.4) is 0 Å². The summed E-state index contributed by atoms with van der Waals surface area (Å²) in [5.74, 6) is 0.894. The summed E-state index contributed by atoms with van der Waals surface area (Å²) >= 11 is 0. The van der Waals surface area contributed by atoms with Gasteiger partial charge in [-0.3, -0.25) is 4.57 Å². The molecule has 0 aliphatic carbocycles. The Bertz CT molecular complexity index is 3980. The van der Waals surface area contributed by atoms with Crippen LogP contribution in [0.4, 0.5) is 34.1 Å². The van der Waals surface area contributed by atoms with Crippen molar-refractivity contribution in [2.75, 3.05) is 9.80 Å². The first-order valence-electron chi connectivity index (χ1n) is 22.9. The van der Waals surface area contributed by atoms with Crippen LogP contribution in [0, 0.1) is 0 Å². The van der Waals surface area contributed by atoms with E-state index in [1.54, 1.807) is 0 Å². The Morgan fingerprint density at radius 2 is 0.731 bits per heavy atom. The fourth-order valence-electron chi connectivity index (χ4n) is 10.3. The molecule has 0 aliphatic heterocycles. The van der Waals surface area contributed by atoms with E-state index in [0.717, 1.165) is 89.2 Å². The fraction of sp³-hybridized carbons (Fsp3) is 0. The van der Waals surface area contributed by atoms with Gasteiger partial charge in [-0.15, -0.1) is 0 Å². The summed E-state index contributed by atoms with van der Waals surface area (Å²) < 4.78 is 2.40. The number of anilines is 6. The van der Waals surface area contributed by atoms with E-state index in [-0.39, 0.29) is 0 Å². The van der Waals surface area contributed by atoms with E-state index in [2.05, 4.69) is 269 Å². The number of aromatic nitrogens is 2. The van der Waals surface area contributed by atoms with Crippen molar-refractivity contribution in [1.82, 2.24) is 9.55 Å². The number of benzene rings is 12. The molecule has 0 radical (unpaired) electrons. The standard InChI is InChI=1S/C63H42N4/c1-4-25-46(26-5-1)65(59-35-17-23-44-20-11-14-32-52(44)59)49-37-39-54-55-40-38-50(66(47-27-6-2-7-28-47)60-36-18-24-45-21-12-15-33-53(45)60)42-58(55)62-61(57(54)41-49)64-63(67(62)48-29-8-3-9-30-48)56-34-16-22-43-19-10-13-31-51(43)56/h1-42H. The van der Waals surface area contributed by atoms with Gasteiger partial charge in [-0.05, 0) is 105 Å². The molecule has 4 nitrogen and oxygen atoms in total. The number of hydrogen-bond donors (Lipinski definition) is 0. The average molecular weight is 855 g/mol. The van der Waals surface area contributed by atoms with Gasteiger partial charge in [0.2, 0.25) is 0 Å². The van der Waals surface area contributed by atoms with Gasteiger partial charge in [-0.1, -0.05) is 182 Å². The largest absolute Gasteiger partial charge is 0.310 e. The lowest BCUT2D eigenvalue weighted by atomic mass is 9.97. The second-order valence-corrected chi connectivity index (χ2v) is 17.1. The maximum absolute atomic E-state index is 5.85. The number of rotatable bonds is 8. The normalized spacial score (nSPS) is 11.6. The van der Waals surface area contributed by atoms with Crippen LogP contribution in [0.25, 0.3) is 82.0 Å². The summed E-state index contributed by atoms with van der Waals surface area (Å²) in [6.07, 6.45) is 0. The topological polar surface area (TPSA) is 24.3 Å². The summed E-state index contributed by atoms with van der Waals surface area (Å²) in [6.45, 7) is 0. The molecule has 0 bridgehead atoms. The van der Waals surface area contributed by atoms with Crippen LogP contribution in [0.1, 0.15) is 0 Å². The van der Waals surface area contributed by atoms with E-state index < -0.39 is 0 Å². The van der Waals surface area contributed by atoms with E-state index in [4.69, 9.17) is 4.98 Å². The van der Waals surface area contributed by atoms with Crippen LogP contribution < -0.4 is 9.80 Å². The molecule has 1 heterocycles. The van der Waals surface area contributed by atoms with Crippen molar-refractivity contribution in [1.29, 1.82) is 0 Å². The van der Waals surface area contributed by atoms with Crippen molar-refractivity contribution in [3.8, 4) is 17.1 Å². The van der Waals surface area contributed by atoms with E-state index in [1.165, 1.54) is 26.9 Å². The Labute approximate surface area is 388 Å². The molecule has 0 N–H and O–H groups in total. The Balaban J connectivity index is 1.16. The minimum absolute atomic E-state index is 0.894. The van der Waals surface area contributed by atoms with E-state index >= 15 is 0 Å². The van der Waals surface area contributed by atoms with Crippen molar-refractivity contribution in [2.45, 2.75) is 0 Å². The highest BCUT2D eigenvalue weighted by molar-refractivity contribution is 6.26. The zero-order chi connectivity index (χ0) is 44.3. The lowest BCUT2D eigenvalue weighted by Gasteiger charge is -2.28. The number of imidazole rings is 1. The second-order valence-electron chi connectivity index (χ2n) is 17.1.